The maximum atomic E-state index is 8.86. The number of pyridine rings is 1. The first-order valence-electron chi connectivity index (χ1n) is 4.78. The molecule has 84 valence electrons. The summed E-state index contributed by atoms with van der Waals surface area (Å²) in [6, 6.07) is 5.94. The lowest BCUT2D eigenvalue weighted by Gasteiger charge is -2.15. The molecule has 3 nitrogen and oxygen atoms in total. The van der Waals surface area contributed by atoms with Gasteiger partial charge in [0.15, 0.2) is 0 Å². The van der Waals surface area contributed by atoms with Crippen LogP contribution in [0.4, 0.5) is 5.69 Å². The second kappa shape index (κ2) is 5.83. The molecule has 5 heteroatoms. The molecule has 0 bridgehead atoms. The number of hydrogen-bond acceptors (Lipinski definition) is 4. The fourth-order valence-corrected chi connectivity index (χ4v) is 1.91. The third-order valence-corrected chi connectivity index (χ3v) is 3.48. The Morgan fingerprint density at radius 1 is 1.56 bits per heavy atom. The van der Waals surface area contributed by atoms with Gasteiger partial charge < -0.3 is 5.32 Å². The SMILES string of the molecule is CC(C)(C#N)CSC(=S)Nc1ccncc1. The maximum Gasteiger partial charge on any atom is 0.138 e. The van der Waals surface area contributed by atoms with Crippen molar-refractivity contribution in [2.75, 3.05) is 11.1 Å². The van der Waals surface area contributed by atoms with Gasteiger partial charge in [0.2, 0.25) is 0 Å². The lowest BCUT2D eigenvalue weighted by molar-refractivity contribution is 0.575. The Bertz CT molecular complexity index is 395. The molecule has 1 aromatic heterocycles. The van der Waals surface area contributed by atoms with E-state index in [0.717, 1.165) is 5.69 Å². The van der Waals surface area contributed by atoms with Gasteiger partial charge in [-0.1, -0.05) is 24.0 Å². The molecular weight excluding hydrogens is 238 g/mol. The number of rotatable bonds is 3. The quantitative estimate of drug-likeness (QED) is 0.837. The number of nitriles is 1. The van der Waals surface area contributed by atoms with Crippen molar-refractivity contribution >= 4 is 34.0 Å². The summed E-state index contributed by atoms with van der Waals surface area (Å²) < 4.78 is 0.675. The zero-order valence-corrected chi connectivity index (χ0v) is 10.9. The van der Waals surface area contributed by atoms with Crippen molar-refractivity contribution in [2.45, 2.75) is 13.8 Å². The van der Waals surface area contributed by atoms with E-state index in [0.29, 0.717) is 10.1 Å². The van der Waals surface area contributed by atoms with Gasteiger partial charge in [-0.3, -0.25) is 4.98 Å². The number of thiocarbonyl (C=S) groups is 1. The zero-order valence-electron chi connectivity index (χ0n) is 9.23. The van der Waals surface area contributed by atoms with Crippen LogP contribution >= 0.6 is 24.0 Å². The average molecular weight is 251 g/mol. The van der Waals surface area contributed by atoms with E-state index in [1.54, 1.807) is 12.4 Å². The highest BCUT2D eigenvalue weighted by Gasteiger charge is 2.17. The molecule has 1 rings (SSSR count). The Kier molecular flexibility index (Phi) is 4.71. The fourth-order valence-electron chi connectivity index (χ4n) is 0.867. The highest BCUT2D eigenvalue weighted by molar-refractivity contribution is 8.23. The Morgan fingerprint density at radius 3 is 2.75 bits per heavy atom. The van der Waals surface area contributed by atoms with Crippen LogP contribution in [0.2, 0.25) is 0 Å². The molecule has 0 saturated heterocycles. The maximum absolute atomic E-state index is 8.86. The van der Waals surface area contributed by atoms with Gasteiger partial charge in [0.05, 0.1) is 11.5 Å². The largest absolute Gasteiger partial charge is 0.341 e. The minimum absolute atomic E-state index is 0.353. The molecule has 0 saturated carbocycles. The van der Waals surface area contributed by atoms with E-state index in [1.807, 2.05) is 26.0 Å². The highest BCUT2D eigenvalue weighted by Crippen LogP contribution is 2.22. The standard InChI is InChI=1S/C11H13N3S2/c1-11(2,7-12)8-16-10(15)14-9-3-5-13-6-4-9/h3-6H,8H2,1-2H3,(H,13,14,15). The van der Waals surface area contributed by atoms with Crippen LogP contribution in [0.3, 0.4) is 0 Å². The smallest absolute Gasteiger partial charge is 0.138 e. The van der Waals surface area contributed by atoms with Crippen molar-refractivity contribution < 1.29 is 0 Å². The van der Waals surface area contributed by atoms with Crippen molar-refractivity contribution in [3.05, 3.63) is 24.5 Å². The van der Waals surface area contributed by atoms with Crippen LogP contribution in [0, 0.1) is 16.7 Å². The van der Waals surface area contributed by atoms with Crippen molar-refractivity contribution in [1.82, 2.24) is 4.98 Å². The number of nitrogens with zero attached hydrogens (tertiary/aromatic N) is 2. The highest BCUT2D eigenvalue weighted by atomic mass is 32.2. The molecule has 1 aromatic rings. The zero-order chi connectivity index (χ0) is 12.0. The van der Waals surface area contributed by atoms with E-state index in [-0.39, 0.29) is 5.41 Å². The summed E-state index contributed by atoms with van der Waals surface area (Å²) in [4.78, 5) is 3.92. The lowest BCUT2D eigenvalue weighted by atomic mass is 10.00. The Hall–Kier alpha value is -1.12. The van der Waals surface area contributed by atoms with Crippen LogP contribution in [-0.2, 0) is 0 Å². The monoisotopic (exact) mass is 251 g/mol. The molecule has 0 aliphatic carbocycles. The number of hydrogen-bond donors (Lipinski definition) is 1. The lowest BCUT2D eigenvalue weighted by Crippen LogP contribution is -2.15. The van der Waals surface area contributed by atoms with E-state index in [2.05, 4.69) is 16.4 Å². The fraction of sp³-hybridized carbons (Fsp3) is 0.364. The number of thioether (sulfide) groups is 1. The normalized spacial score (nSPS) is 10.6. The molecule has 0 aliphatic heterocycles. The molecule has 0 unspecified atom stereocenters. The first-order chi connectivity index (χ1) is 7.53. The predicted octanol–water partition coefficient (Wildman–Crippen LogP) is 3.06. The van der Waals surface area contributed by atoms with Gasteiger partial charge in [-0.25, -0.2) is 0 Å². The Balaban J connectivity index is 2.41. The second-order valence-corrected chi connectivity index (χ2v) is 5.58. The number of anilines is 1. The Labute approximate surface area is 105 Å². The molecule has 1 heterocycles. The molecule has 16 heavy (non-hydrogen) atoms. The number of nitrogens with one attached hydrogen (secondary N) is 1. The number of aromatic nitrogens is 1. The average Bonchev–Trinajstić information content (AvgIpc) is 2.28. The summed E-state index contributed by atoms with van der Waals surface area (Å²) in [6.07, 6.45) is 3.41. The van der Waals surface area contributed by atoms with Crippen molar-refractivity contribution in [2.24, 2.45) is 5.41 Å². The van der Waals surface area contributed by atoms with Crippen molar-refractivity contribution in [3.8, 4) is 6.07 Å². The van der Waals surface area contributed by atoms with Gasteiger partial charge in [-0.15, -0.1) is 0 Å². The first-order valence-corrected chi connectivity index (χ1v) is 6.18. The van der Waals surface area contributed by atoms with Crippen LogP contribution in [0.1, 0.15) is 13.8 Å². The summed E-state index contributed by atoms with van der Waals surface area (Å²) in [5.74, 6) is 0.681. The second-order valence-electron chi connectivity index (χ2n) is 3.93. The molecule has 0 fully saturated rings. The summed E-state index contributed by atoms with van der Waals surface area (Å²) >= 11 is 6.65. The van der Waals surface area contributed by atoms with Crippen LogP contribution in [0.15, 0.2) is 24.5 Å². The van der Waals surface area contributed by atoms with Gasteiger partial charge >= 0.3 is 0 Å². The molecule has 1 N–H and O–H groups in total. The molecule has 0 aromatic carbocycles. The first kappa shape index (κ1) is 12.9. The summed E-state index contributed by atoms with van der Waals surface area (Å²) in [7, 11) is 0. The van der Waals surface area contributed by atoms with E-state index >= 15 is 0 Å². The molecular formula is C11H13N3S2. The Morgan fingerprint density at radius 2 is 2.19 bits per heavy atom. The van der Waals surface area contributed by atoms with Crippen LogP contribution in [0.25, 0.3) is 0 Å². The third-order valence-electron chi connectivity index (χ3n) is 1.79. The third kappa shape index (κ3) is 4.60. The van der Waals surface area contributed by atoms with E-state index in [9.17, 15) is 0 Å². The van der Waals surface area contributed by atoms with Gasteiger partial charge in [-0.2, -0.15) is 5.26 Å². The van der Waals surface area contributed by atoms with Crippen LogP contribution in [0.5, 0.6) is 0 Å². The van der Waals surface area contributed by atoms with Crippen LogP contribution < -0.4 is 5.32 Å². The minimum atomic E-state index is -0.353. The van der Waals surface area contributed by atoms with Gasteiger partial charge in [0.25, 0.3) is 0 Å². The topological polar surface area (TPSA) is 48.7 Å². The van der Waals surface area contributed by atoms with E-state index in [4.69, 9.17) is 17.5 Å². The van der Waals surface area contributed by atoms with Crippen LogP contribution in [-0.4, -0.2) is 15.1 Å². The molecule has 0 spiro atoms. The molecule has 0 atom stereocenters. The van der Waals surface area contributed by atoms with Crippen molar-refractivity contribution in [1.29, 1.82) is 5.26 Å². The molecule has 0 amide bonds. The summed E-state index contributed by atoms with van der Waals surface area (Å²) in [6.45, 7) is 3.80. The summed E-state index contributed by atoms with van der Waals surface area (Å²) in [5, 5.41) is 11.9. The van der Waals surface area contributed by atoms with Crippen molar-refractivity contribution in [3.63, 3.8) is 0 Å². The predicted molar refractivity (Wildman–Crippen MR) is 72.3 cm³/mol. The van der Waals surface area contributed by atoms with Gasteiger partial charge in [-0.05, 0) is 26.0 Å². The molecule has 0 aliphatic rings. The van der Waals surface area contributed by atoms with E-state index in [1.165, 1.54) is 11.8 Å². The van der Waals surface area contributed by atoms with E-state index < -0.39 is 0 Å². The minimum Gasteiger partial charge on any atom is -0.341 e. The van der Waals surface area contributed by atoms with Gasteiger partial charge in [0, 0.05) is 23.8 Å². The summed E-state index contributed by atoms with van der Waals surface area (Å²) in [5.41, 5.74) is 0.566. The molecule has 0 radical (unpaired) electrons. The van der Waals surface area contributed by atoms with Gasteiger partial charge in [0.1, 0.15) is 4.32 Å².